The van der Waals surface area contributed by atoms with Gasteiger partial charge in [0.1, 0.15) is 0 Å². The number of amides is 1. The first-order valence-corrected chi connectivity index (χ1v) is 5.90. The molecule has 3 nitrogen and oxygen atoms in total. The van der Waals surface area contributed by atoms with Crippen molar-refractivity contribution in [2.75, 3.05) is 25.9 Å². The molecule has 0 bridgehead atoms. The highest BCUT2D eigenvalue weighted by atomic mass is 32.2. The molecule has 1 aromatic rings. The van der Waals surface area contributed by atoms with Crippen molar-refractivity contribution in [2.24, 2.45) is 0 Å². The minimum atomic E-state index is 0.0825. The van der Waals surface area contributed by atoms with Gasteiger partial charge in [-0.25, -0.2) is 0 Å². The van der Waals surface area contributed by atoms with Crippen LogP contribution in [0.15, 0.2) is 35.2 Å². The van der Waals surface area contributed by atoms with Gasteiger partial charge in [0, 0.05) is 18.0 Å². The van der Waals surface area contributed by atoms with Crippen LogP contribution < -0.4 is 10.6 Å². The fourth-order valence-electron chi connectivity index (χ4n) is 1.04. The summed E-state index contributed by atoms with van der Waals surface area (Å²) in [5.41, 5.74) is 0. The first-order valence-electron chi connectivity index (χ1n) is 4.92. The summed E-state index contributed by atoms with van der Waals surface area (Å²) in [7, 11) is 1.87. The van der Waals surface area contributed by atoms with E-state index in [2.05, 4.69) is 10.6 Å². The van der Waals surface area contributed by atoms with Crippen molar-refractivity contribution < 1.29 is 4.79 Å². The molecule has 4 heteroatoms. The van der Waals surface area contributed by atoms with E-state index in [1.165, 1.54) is 0 Å². The number of thioether (sulfide) groups is 1. The molecule has 0 unspecified atom stereocenters. The van der Waals surface area contributed by atoms with E-state index in [0.717, 1.165) is 11.4 Å². The van der Waals surface area contributed by atoms with Crippen LogP contribution in [0.2, 0.25) is 0 Å². The lowest BCUT2D eigenvalue weighted by Crippen LogP contribution is -2.31. The Morgan fingerprint density at radius 2 is 2.00 bits per heavy atom. The summed E-state index contributed by atoms with van der Waals surface area (Å²) in [4.78, 5) is 12.5. The molecule has 1 rings (SSSR count). The SMILES string of the molecule is CNCCNC(=O)CSc1ccccc1. The fraction of sp³-hybridized carbons (Fsp3) is 0.364. The van der Waals surface area contributed by atoms with E-state index in [1.807, 2.05) is 37.4 Å². The number of carbonyl (C=O) groups excluding carboxylic acids is 1. The molecule has 15 heavy (non-hydrogen) atoms. The summed E-state index contributed by atoms with van der Waals surface area (Å²) in [5, 5.41) is 5.81. The second-order valence-electron chi connectivity index (χ2n) is 3.06. The van der Waals surface area contributed by atoms with Gasteiger partial charge in [0.25, 0.3) is 0 Å². The van der Waals surface area contributed by atoms with Crippen LogP contribution in [0.25, 0.3) is 0 Å². The smallest absolute Gasteiger partial charge is 0.230 e. The molecule has 0 spiro atoms. The fourth-order valence-corrected chi connectivity index (χ4v) is 1.79. The lowest BCUT2D eigenvalue weighted by Gasteiger charge is -2.04. The quantitative estimate of drug-likeness (QED) is 0.562. The van der Waals surface area contributed by atoms with Crippen molar-refractivity contribution >= 4 is 17.7 Å². The zero-order chi connectivity index (χ0) is 10.9. The molecule has 1 aromatic carbocycles. The van der Waals surface area contributed by atoms with E-state index < -0.39 is 0 Å². The van der Waals surface area contributed by atoms with Gasteiger partial charge in [-0.2, -0.15) is 0 Å². The number of hydrogen-bond acceptors (Lipinski definition) is 3. The highest BCUT2D eigenvalue weighted by molar-refractivity contribution is 8.00. The van der Waals surface area contributed by atoms with Gasteiger partial charge < -0.3 is 10.6 Å². The van der Waals surface area contributed by atoms with Crippen LogP contribution in [0.4, 0.5) is 0 Å². The maximum absolute atomic E-state index is 11.3. The largest absolute Gasteiger partial charge is 0.354 e. The van der Waals surface area contributed by atoms with Crippen LogP contribution in [0.1, 0.15) is 0 Å². The monoisotopic (exact) mass is 224 g/mol. The van der Waals surface area contributed by atoms with Crippen molar-refractivity contribution in [3.63, 3.8) is 0 Å². The molecule has 0 fully saturated rings. The molecule has 1 amide bonds. The number of carbonyl (C=O) groups is 1. The van der Waals surface area contributed by atoms with Gasteiger partial charge in [0.15, 0.2) is 0 Å². The Balaban J connectivity index is 2.17. The third-order valence-electron chi connectivity index (χ3n) is 1.81. The first-order chi connectivity index (χ1) is 7.33. The third kappa shape index (κ3) is 5.44. The van der Waals surface area contributed by atoms with Crippen molar-refractivity contribution in [3.05, 3.63) is 30.3 Å². The molecule has 0 saturated heterocycles. The first kappa shape index (κ1) is 12.1. The molecular weight excluding hydrogens is 208 g/mol. The minimum Gasteiger partial charge on any atom is -0.354 e. The van der Waals surface area contributed by atoms with Gasteiger partial charge in [0.05, 0.1) is 5.75 Å². The van der Waals surface area contributed by atoms with E-state index in [1.54, 1.807) is 11.8 Å². The Morgan fingerprint density at radius 3 is 2.67 bits per heavy atom. The molecular formula is C11H16N2OS. The summed E-state index contributed by atoms with van der Waals surface area (Å²) < 4.78 is 0. The van der Waals surface area contributed by atoms with E-state index >= 15 is 0 Å². The lowest BCUT2D eigenvalue weighted by atomic mass is 10.4. The Bertz CT molecular complexity index is 290. The zero-order valence-corrected chi connectivity index (χ0v) is 9.64. The van der Waals surface area contributed by atoms with Gasteiger partial charge in [-0.1, -0.05) is 18.2 Å². The predicted molar refractivity (Wildman–Crippen MR) is 64.1 cm³/mol. The number of nitrogens with one attached hydrogen (secondary N) is 2. The topological polar surface area (TPSA) is 41.1 Å². The van der Waals surface area contributed by atoms with Crippen molar-refractivity contribution in [3.8, 4) is 0 Å². The average Bonchev–Trinajstić information content (AvgIpc) is 2.28. The number of hydrogen-bond donors (Lipinski definition) is 2. The summed E-state index contributed by atoms with van der Waals surface area (Å²) in [6.45, 7) is 1.49. The minimum absolute atomic E-state index is 0.0825. The Kier molecular flexibility index (Phi) is 5.88. The van der Waals surface area contributed by atoms with E-state index in [4.69, 9.17) is 0 Å². The average molecular weight is 224 g/mol. The number of rotatable bonds is 6. The van der Waals surface area contributed by atoms with Crippen LogP contribution in [0, 0.1) is 0 Å². The molecule has 0 heterocycles. The maximum Gasteiger partial charge on any atom is 0.230 e. The summed E-state index contributed by atoms with van der Waals surface area (Å²) in [6, 6.07) is 9.93. The zero-order valence-electron chi connectivity index (χ0n) is 8.82. The molecule has 82 valence electrons. The van der Waals surface area contributed by atoms with Crippen molar-refractivity contribution in [1.82, 2.24) is 10.6 Å². The molecule has 0 saturated carbocycles. The van der Waals surface area contributed by atoms with Crippen LogP contribution in [0.3, 0.4) is 0 Å². The second kappa shape index (κ2) is 7.31. The number of benzene rings is 1. The Morgan fingerprint density at radius 1 is 1.27 bits per heavy atom. The standard InChI is InChI=1S/C11H16N2OS/c1-12-7-8-13-11(14)9-15-10-5-3-2-4-6-10/h2-6,12H,7-9H2,1H3,(H,13,14). The van der Waals surface area contributed by atoms with E-state index in [0.29, 0.717) is 12.3 Å². The molecule has 2 N–H and O–H groups in total. The summed E-state index contributed by atoms with van der Waals surface area (Å²) in [5.74, 6) is 0.562. The van der Waals surface area contributed by atoms with Crippen LogP contribution in [-0.4, -0.2) is 31.8 Å². The van der Waals surface area contributed by atoms with Gasteiger partial charge >= 0.3 is 0 Å². The summed E-state index contributed by atoms with van der Waals surface area (Å²) in [6.07, 6.45) is 0. The summed E-state index contributed by atoms with van der Waals surface area (Å²) >= 11 is 1.55. The predicted octanol–water partition coefficient (Wildman–Crippen LogP) is 1.11. The maximum atomic E-state index is 11.3. The van der Waals surface area contributed by atoms with E-state index in [-0.39, 0.29) is 5.91 Å². The van der Waals surface area contributed by atoms with Gasteiger partial charge in [-0.05, 0) is 19.2 Å². The van der Waals surface area contributed by atoms with Gasteiger partial charge in [-0.3, -0.25) is 4.79 Å². The molecule has 0 radical (unpaired) electrons. The Labute approximate surface area is 94.6 Å². The molecule has 0 aromatic heterocycles. The van der Waals surface area contributed by atoms with Crippen LogP contribution in [-0.2, 0) is 4.79 Å². The normalized spacial score (nSPS) is 9.93. The third-order valence-corrected chi connectivity index (χ3v) is 2.82. The molecule has 0 atom stereocenters. The molecule has 0 aliphatic rings. The van der Waals surface area contributed by atoms with Crippen molar-refractivity contribution in [2.45, 2.75) is 4.90 Å². The van der Waals surface area contributed by atoms with Crippen molar-refractivity contribution in [1.29, 1.82) is 0 Å². The van der Waals surface area contributed by atoms with Gasteiger partial charge in [-0.15, -0.1) is 11.8 Å². The van der Waals surface area contributed by atoms with E-state index in [9.17, 15) is 4.79 Å². The highest BCUT2D eigenvalue weighted by Crippen LogP contribution is 2.15. The second-order valence-corrected chi connectivity index (χ2v) is 4.10. The Hall–Kier alpha value is -1.00. The number of likely N-dealkylation sites (N-methyl/N-ethyl adjacent to an activating group) is 1. The lowest BCUT2D eigenvalue weighted by molar-refractivity contribution is -0.118. The highest BCUT2D eigenvalue weighted by Gasteiger charge is 2.00. The van der Waals surface area contributed by atoms with Gasteiger partial charge in [0.2, 0.25) is 5.91 Å². The van der Waals surface area contributed by atoms with Crippen LogP contribution >= 0.6 is 11.8 Å². The van der Waals surface area contributed by atoms with Crippen LogP contribution in [0.5, 0.6) is 0 Å². The molecule has 0 aliphatic heterocycles. The molecule has 0 aliphatic carbocycles.